The maximum Gasteiger partial charge on any atom is 0.303 e. The molecule has 3 N–H and O–H groups in total. The zero-order valence-electron chi connectivity index (χ0n) is 22.7. The zero-order valence-corrected chi connectivity index (χ0v) is 23.5. The van der Waals surface area contributed by atoms with Gasteiger partial charge in [0, 0.05) is 55.7 Å². The molecular formula is C30H37N3O6S. The largest absolute Gasteiger partial charge is 0.481 e. The molecule has 1 amide bonds. The third kappa shape index (κ3) is 8.92. The van der Waals surface area contributed by atoms with Crippen LogP contribution in [0.4, 0.5) is 5.69 Å². The number of imidazole rings is 1. The van der Waals surface area contributed by atoms with Crippen molar-refractivity contribution >= 4 is 29.3 Å². The standard InChI is InChI=1S/C30H37N3O6S/c1-33-16-15-31-30(33)40-20-25-18-26(22-13-11-21(19-34)12-14-22)39-29(38-25)23-7-6-8-24(17-23)32-27(35)9-4-2-3-5-10-28(36)37/h6-8,11-17,25-26,29,34H,2-5,9-10,18-20H2,1H3,(H,32,35)(H,36,37). The van der Waals surface area contributed by atoms with Crippen LogP contribution in [-0.4, -0.2) is 43.5 Å². The van der Waals surface area contributed by atoms with E-state index >= 15 is 0 Å². The SMILES string of the molecule is Cn1ccnc1SCC1CC(c2ccc(CO)cc2)OC(c2cccc(NC(=O)CCCCCCC(=O)O)c2)O1. The number of nitrogens with one attached hydrogen (secondary N) is 1. The summed E-state index contributed by atoms with van der Waals surface area (Å²) in [6, 6.07) is 15.3. The van der Waals surface area contributed by atoms with Crippen molar-refractivity contribution in [2.75, 3.05) is 11.1 Å². The second kappa shape index (κ2) is 15.0. The molecule has 3 unspecified atom stereocenters. The van der Waals surface area contributed by atoms with Crippen LogP contribution >= 0.6 is 11.8 Å². The van der Waals surface area contributed by atoms with Gasteiger partial charge < -0.3 is 29.6 Å². The number of benzene rings is 2. The minimum absolute atomic E-state index is 0.0102. The number of unbranched alkanes of at least 4 members (excludes halogenated alkanes) is 3. The van der Waals surface area contributed by atoms with Gasteiger partial charge in [0.1, 0.15) is 0 Å². The molecule has 0 radical (unpaired) electrons. The van der Waals surface area contributed by atoms with Crippen LogP contribution in [0.3, 0.4) is 0 Å². The molecule has 2 heterocycles. The summed E-state index contributed by atoms with van der Waals surface area (Å²) < 4.78 is 14.8. The van der Waals surface area contributed by atoms with Gasteiger partial charge in [-0.15, -0.1) is 0 Å². The summed E-state index contributed by atoms with van der Waals surface area (Å²) in [7, 11) is 1.97. The Labute approximate surface area is 238 Å². The summed E-state index contributed by atoms with van der Waals surface area (Å²) >= 11 is 1.64. The first-order valence-electron chi connectivity index (χ1n) is 13.6. The molecular weight excluding hydrogens is 530 g/mol. The number of thioether (sulfide) groups is 1. The number of aliphatic carboxylic acids is 1. The first-order chi connectivity index (χ1) is 19.4. The van der Waals surface area contributed by atoms with Crippen LogP contribution in [0.1, 0.15) is 74.0 Å². The van der Waals surface area contributed by atoms with Crippen LogP contribution in [0.5, 0.6) is 0 Å². The second-order valence-electron chi connectivity index (χ2n) is 9.96. The minimum Gasteiger partial charge on any atom is -0.481 e. The molecule has 40 heavy (non-hydrogen) atoms. The Hall–Kier alpha value is -3.18. The Morgan fingerprint density at radius 1 is 1.05 bits per heavy atom. The average molecular weight is 568 g/mol. The van der Waals surface area contributed by atoms with Crippen LogP contribution in [0.2, 0.25) is 0 Å². The third-order valence-electron chi connectivity index (χ3n) is 6.78. The number of amides is 1. The Morgan fingerprint density at radius 2 is 1.82 bits per heavy atom. The van der Waals surface area contributed by atoms with E-state index in [0.717, 1.165) is 34.7 Å². The number of hydrogen-bond donors (Lipinski definition) is 3. The van der Waals surface area contributed by atoms with Gasteiger partial charge in [-0.25, -0.2) is 4.98 Å². The molecule has 9 nitrogen and oxygen atoms in total. The van der Waals surface area contributed by atoms with Gasteiger partial charge in [0.15, 0.2) is 11.4 Å². The van der Waals surface area contributed by atoms with Gasteiger partial charge >= 0.3 is 5.97 Å². The summed E-state index contributed by atoms with van der Waals surface area (Å²) in [5, 5.41) is 22.0. The minimum atomic E-state index is -0.785. The molecule has 4 rings (SSSR count). The number of aliphatic hydroxyl groups is 1. The number of aliphatic hydroxyl groups excluding tert-OH is 1. The van der Waals surface area contributed by atoms with E-state index in [2.05, 4.69) is 10.3 Å². The Balaban J connectivity index is 1.40. The summed E-state index contributed by atoms with van der Waals surface area (Å²) in [6.45, 7) is -0.0102. The van der Waals surface area contributed by atoms with E-state index in [1.165, 1.54) is 0 Å². The lowest BCUT2D eigenvalue weighted by Gasteiger charge is -2.36. The lowest BCUT2D eigenvalue weighted by atomic mass is 10.0. The van der Waals surface area contributed by atoms with Gasteiger partial charge in [0.05, 0.1) is 18.8 Å². The van der Waals surface area contributed by atoms with Gasteiger partial charge in [0.25, 0.3) is 0 Å². The molecule has 0 aliphatic carbocycles. The number of carbonyl (C=O) groups excluding carboxylic acids is 1. The topological polar surface area (TPSA) is 123 Å². The Bertz CT molecular complexity index is 1250. The summed E-state index contributed by atoms with van der Waals surface area (Å²) in [5.41, 5.74) is 3.35. The van der Waals surface area contributed by atoms with Crippen molar-refractivity contribution in [2.24, 2.45) is 7.05 Å². The maximum absolute atomic E-state index is 12.5. The third-order valence-corrected chi connectivity index (χ3v) is 7.97. The second-order valence-corrected chi connectivity index (χ2v) is 11.0. The average Bonchev–Trinajstić information content (AvgIpc) is 3.38. The summed E-state index contributed by atoms with van der Waals surface area (Å²) in [5.74, 6) is -0.154. The highest BCUT2D eigenvalue weighted by atomic mass is 32.2. The fourth-order valence-corrected chi connectivity index (χ4v) is 5.53. The van der Waals surface area contributed by atoms with E-state index in [9.17, 15) is 14.7 Å². The number of ether oxygens (including phenoxy) is 2. The molecule has 3 atom stereocenters. The molecule has 1 aliphatic rings. The van der Waals surface area contributed by atoms with Crippen LogP contribution in [0, 0.1) is 0 Å². The quantitative estimate of drug-likeness (QED) is 0.170. The normalized spacial score (nSPS) is 18.9. The molecule has 214 valence electrons. The van der Waals surface area contributed by atoms with Crippen molar-refractivity contribution < 1.29 is 29.3 Å². The van der Waals surface area contributed by atoms with Gasteiger partial charge in [-0.3, -0.25) is 9.59 Å². The molecule has 0 bridgehead atoms. The van der Waals surface area contributed by atoms with Crippen LogP contribution in [0.15, 0.2) is 66.1 Å². The molecule has 0 spiro atoms. The maximum atomic E-state index is 12.5. The molecule has 2 aromatic carbocycles. The smallest absolute Gasteiger partial charge is 0.303 e. The summed E-state index contributed by atoms with van der Waals surface area (Å²) in [6.07, 6.45) is 6.98. The van der Waals surface area contributed by atoms with E-state index in [1.54, 1.807) is 18.0 Å². The number of carbonyl (C=O) groups is 2. The number of rotatable bonds is 14. The van der Waals surface area contributed by atoms with E-state index in [0.29, 0.717) is 37.1 Å². The molecule has 3 aromatic rings. The van der Waals surface area contributed by atoms with E-state index in [-0.39, 0.29) is 31.1 Å². The highest BCUT2D eigenvalue weighted by Gasteiger charge is 2.32. The summed E-state index contributed by atoms with van der Waals surface area (Å²) in [4.78, 5) is 27.5. The van der Waals surface area contributed by atoms with E-state index in [4.69, 9.17) is 14.6 Å². The van der Waals surface area contributed by atoms with Crippen LogP contribution in [-0.2, 0) is 32.7 Å². The molecule has 1 saturated heterocycles. The molecule has 0 saturated carbocycles. The first-order valence-corrected chi connectivity index (χ1v) is 14.6. The molecule has 10 heteroatoms. The number of carboxylic acids is 1. The lowest BCUT2D eigenvalue weighted by molar-refractivity contribution is -0.245. The van der Waals surface area contributed by atoms with Crippen molar-refractivity contribution in [2.45, 2.75) is 75.2 Å². The van der Waals surface area contributed by atoms with Crippen molar-refractivity contribution in [3.63, 3.8) is 0 Å². The number of anilines is 1. The molecule has 1 aliphatic heterocycles. The number of carboxylic acid groups (broad SMARTS) is 1. The monoisotopic (exact) mass is 567 g/mol. The van der Waals surface area contributed by atoms with E-state index < -0.39 is 12.3 Å². The predicted molar refractivity (Wildman–Crippen MR) is 153 cm³/mol. The Morgan fingerprint density at radius 3 is 2.52 bits per heavy atom. The first kappa shape index (κ1) is 29.8. The molecule has 1 aromatic heterocycles. The van der Waals surface area contributed by atoms with Gasteiger partial charge in [-0.1, -0.05) is 61.0 Å². The fourth-order valence-electron chi connectivity index (χ4n) is 4.58. The number of hydrogen-bond acceptors (Lipinski definition) is 7. The molecule has 1 fully saturated rings. The van der Waals surface area contributed by atoms with Crippen LogP contribution < -0.4 is 5.32 Å². The lowest BCUT2D eigenvalue weighted by Crippen LogP contribution is -2.31. The highest BCUT2D eigenvalue weighted by molar-refractivity contribution is 7.99. The van der Waals surface area contributed by atoms with Crippen molar-refractivity contribution in [1.29, 1.82) is 0 Å². The van der Waals surface area contributed by atoms with Crippen molar-refractivity contribution in [3.05, 3.63) is 77.6 Å². The zero-order chi connectivity index (χ0) is 28.3. The predicted octanol–water partition coefficient (Wildman–Crippen LogP) is 5.61. The number of aryl methyl sites for hydroxylation is 1. The van der Waals surface area contributed by atoms with Crippen molar-refractivity contribution in [3.8, 4) is 0 Å². The number of nitrogens with zero attached hydrogens (tertiary/aromatic N) is 2. The van der Waals surface area contributed by atoms with Crippen molar-refractivity contribution in [1.82, 2.24) is 9.55 Å². The van der Waals surface area contributed by atoms with E-state index in [1.807, 2.05) is 66.3 Å². The van der Waals surface area contributed by atoms with Gasteiger partial charge in [-0.05, 0) is 36.1 Å². The van der Waals surface area contributed by atoms with Gasteiger partial charge in [-0.2, -0.15) is 0 Å². The van der Waals surface area contributed by atoms with Crippen LogP contribution in [0.25, 0.3) is 0 Å². The Kier molecular flexibility index (Phi) is 11.2. The fraction of sp³-hybridized carbons (Fsp3) is 0.433. The highest BCUT2D eigenvalue weighted by Crippen LogP contribution is 2.39. The van der Waals surface area contributed by atoms with Gasteiger partial charge in [0.2, 0.25) is 5.91 Å². The number of aromatic nitrogens is 2.